The molecule has 0 heteroatoms. The van der Waals surface area contributed by atoms with Crippen molar-refractivity contribution in [3.8, 4) is 0 Å². The molecule has 1 aliphatic carbocycles. The van der Waals surface area contributed by atoms with Crippen molar-refractivity contribution in [2.45, 2.75) is 60.8 Å². The Kier molecular flexibility index (Phi) is 4.19. The van der Waals surface area contributed by atoms with Gasteiger partial charge in [-0.15, -0.1) is 0 Å². The normalized spacial score (nSPS) is 27.6. The fraction of sp³-hybridized carbons (Fsp3) is 0.733. The van der Waals surface area contributed by atoms with Crippen molar-refractivity contribution in [3.05, 3.63) is 22.3 Å². The quantitative estimate of drug-likeness (QED) is 0.601. The topological polar surface area (TPSA) is 0 Å². The highest BCUT2D eigenvalue weighted by Gasteiger charge is 2.28. The van der Waals surface area contributed by atoms with E-state index in [-0.39, 0.29) is 0 Å². The van der Waals surface area contributed by atoms with Crippen molar-refractivity contribution in [3.63, 3.8) is 0 Å². The van der Waals surface area contributed by atoms with Crippen LogP contribution in [0.1, 0.15) is 60.8 Å². The summed E-state index contributed by atoms with van der Waals surface area (Å²) in [6.45, 7) is 14.0. The largest absolute Gasteiger partial charge is 0.0662 e. The summed E-state index contributed by atoms with van der Waals surface area (Å²) < 4.78 is 0. The van der Waals surface area contributed by atoms with Crippen molar-refractivity contribution in [1.82, 2.24) is 0 Å². The van der Waals surface area contributed by atoms with Crippen LogP contribution in [0.4, 0.5) is 0 Å². The molecule has 0 aromatic heterocycles. The van der Waals surface area contributed by atoms with Crippen molar-refractivity contribution < 1.29 is 0 Å². The first-order valence-corrected chi connectivity index (χ1v) is 6.47. The molecule has 0 aromatic rings. The Labute approximate surface area is 95.5 Å². The van der Waals surface area contributed by atoms with Gasteiger partial charge in [0, 0.05) is 0 Å². The van der Waals surface area contributed by atoms with Crippen LogP contribution in [0, 0.1) is 11.8 Å². The van der Waals surface area contributed by atoms with Crippen molar-refractivity contribution >= 4 is 0 Å². The number of hydrogen-bond acceptors (Lipinski definition) is 0. The van der Waals surface area contributed by atoms with Gasteiger partial charge in [0.15, 0.2) is 0 Å². The van der Waals surface area contributed by atoms with Crippen LogP contribution in [0.3, 0.4) is 0 Å². The molecule has 0 N–H and O–H groups in total. The minimum absolute atomic E-state index is 0.760. The van der Waals surface area contributed by atoms with E-state index in [1.807, 2.05) is 0 Å². The first-order chi connectivity index (χ1) is 7.08. The summed E-state index contributed by atoms with van der Waals surface area (Å²) in [5.74, 6) is 1.55. The summed E-state index contributed by atoms with van der Waals surface area (Å²) in [4.78, 5) is 0. The summed E-state index contributed by atoms with van der Waals surface area (Å²) >= 11 is 0. The molecule has 2 atom stereocenters. The van der Waals surface area contributed by atoms with Crippen LogP contribution in [0.15, 0.2) is 22.3 Å². The van der Waals surface area contributed by atoms with Gasteiger partial charge in [-0.2, -0.15) is 0 Å². The lowest BCUT2D eigenvalue weighted by molar-refractivity contribution is 0.426. The molecule has 0 saturated heterocycles. The fourth-order valence-electron chi connectivity index (χ4n) is 3.46. The highest BCUT2D eigenvalue weighted by atomic mass is 14.3. The second kappa shape index (κ2) is 5.01. The van der Waals surface area contributed by atoms with Gasteiger partial charge in [0.2, 0.25) is 0 Å². The van der Waals surface area contributed by atoms with E-state index in [0.29, 0.717) is 0 Å². The molecule has 0 bridgehead atoms. The van der Waals surface area contributed by atoms with Gasteiger partial charge in [0.05, 0.1) is 0 Å². The molecule has 0 radical (unpaired) electrons. The maximum Gasteiger partial charge on any atom is -0.0139 e. The summed E-state index contributed by atoms with van der Waals surface area (Å²) in [6, 6.07) is 0. The van der Waals surface area contributed by atoms with Crippen LogP contribution in [0.2, 0.25) is 0 Å². The van der Waals surface area contributed by atoms with E-state index in [4.69, 9.17) is 0 Å². The van der Waals surface area contributed by atoms with Crippen LogP contribution < -0.4 is 0 Å². The third-order valence-corrected chi connectivity index (χ3v) is 4.29. The Morgan fingerprint density at radius 2 is 1.60 bits per heavy atom. The second-order valence-electron chi connectivity index (χ2n) is 4.82. The van der Waals surface area contributed by atoms with E-state index < -0.39 is 0 Å². The molecule has 86 valence electrons. The lowest BCUT2D eigenvalue weighted by atomic mass is 9.71. The molecule has 0 aromatic carbocycles. The molecule has 0 aliphatic heterocycles. The summed E-state index contributed by atoms with van der Waals surface area (Å²) in [5, 5.41) is 0. The Balaban J connectivity index is 3.22. The monoisotopic (exact) mass is 206 g/mol. The van der Waals surface area contributed by atoms with E-state index in [9.17, 15) is 0 Å². The summed E-state index contributed by atoms with van der Waals surface area (Å²) in [7, 11) is 0. The molecule has 0 heterocycles. The third kappa shape index (κ3) is 2.04. The van der Waals surface area contributed by atoms with Crippen LogP contribution in [0.5, 0.6) is 0 Å². The molecule has 1 aliphatic rings. The van der Waals surface area contributed by atoms with Gasteiger partial charge in [-0.25, -0.2) is 0 Å². The standard InChI is InChI=1S/C15H26/c1-7-13-10(4)14(8-2)12(6)15(9-3)11(13)5/h10,13H,7-9H2,1-6H3. The minimum atomic E-state index is 0.760. The zero-order chi connectivity index (χ0) is 11.6. The van der Waals surface area contributed by atoms with Crippen molar-refractivity contribution in [2.24, 2.45) is 11.8 Å². The van der Waals surface area contributed by atoms with Gasteiger partial charge < -0.3 is 0 Å². The molecular weight excluding hydrogens is 180 g/mol. The predicted molar refractivity (Wildman–Crippen MR) is 68.9 cm³/mol. The molecule has 0 amide bonds. The summed E-state index contributed by atoms with van der Waals surface area (Å²) in [6.07, 6.45) is 3.71. The molecular formula is C15H26. The highest BCUT2D eigenvalue weighted by molar-refractivity contribution is 5.43. The Bertz CT molecular complexity index is 291. The molecule has 0 nitrogen and oxygen atoms in total. The smallest absolute Gasteiger partial charge is 0.0139 e. The lowest BCUT2D eigenvalue weighted by Gasteiger charge is -2.35. The van der Waals surface area contributed by atoms with E-state index in [1.165, 1.54) is 19.3 Å². The van der Waals surface area contributed by atoms with Crippen LogP contribution in [-0.4, -0.2) is 0 Å². The van der Waals surface area contributed by atoms with Crippen LogP contribution >= 0.6 is 0 Å². The first kappa shape index (κ1) is 12.5. The van der Waals surface area contributed by atoms with E-state index in [0.717, 1.165) is 11.8 Å². The SMILES string of the molecule is CCC1=C(C)C(CC)C(C)C(CC)=C1C. The van der Waals surface area contributed by atoms with Gasteiger partial charge in [-0.05, 0) is 56.1 Å². The zero-order valence-electron chi connectivity index (χ0n) is 11.3. The van der Waals surface area contributed by atoms with Gasteiger partial charge in [0.1, 0.15) is 0 Å². The fourth-order valence-corrected chi connectivity index (χ4v) is 3.46. The van der Waals surface area contributed by atoms with Crippen molar-refractivity contribution in [2.75, 3.05) is 0 Å². The number of allylic oxidation sites excluding steroid dienone is 4. The Morgan fingerprint density at radius 1 is 1.00 bits per heavy atom. The maximum absolute atomic E-state index is 2.41. The predicted octanol–water partition coefficient (Wildman–Crippen LogP) is 5.12. The number of rotatable bonds is 3. The van der Waals surface area contributed by atoms with E-state index in [1.54, 1.807) is 22.3 Å². The van der Waals surface area contributed by atoms with E-state index >= 15 is 0 Å². The zero-order valence-corrected chi connectivity index (χ0v) is 11.3. The third-order valence-electron chi connectivity index (χ3n) is 4.29. The highest BCUT2D eigenvalue weighted by Crippen LogP contribution is 2.42. The second-order valence-corrected chi connectivity index (χ2v) is 4.82. The molecule has 0 saturated carbocycles. The molecule has 1 rings (SSSR count). The molecule has 2 unspecified atom stereocenters. The van der Waals surface area contributed by atoms with Gasteiger partial charge in [-0.1, -0.05) is 38.8 Å². The summed E-state index contributed by atoms with van der Waals surface area (Å²) in [5.41, 5.74) is 6.58. The van der Waals surface area contributed by atoms with Gasteiger partial charge in [-0.3, -0.25) is 0 Å². The van der Waals surface area contributed by atoms with E-state index in [2.05, 4.69) is 41.5 Å². The minimum Gasteiger partial charge on any atom is -0.0662 e. The first-order valence-electron chi connectivity index (χ1n) is 6.47. The average molecular weight is 206 g/mol. The lowest BCUT2D eigenvalue weighted by Crippen LogP contribution is -2.21. The van der Waals surface area contributed by atoms with Crippen LogP contribution in [-0.2, 0) is 0 Å². The Morgan fingerprint density at radius 3 is 2.00 bits per heavy atom. The van der Waals surface area contributed by atoms with Gasteiger partial charge >= 0.3 is 0 Å². The number of hydrogen-bond donors (Lipinski definition) is 0. The maximum atomic E-state index is 2.41. The van der Waals surface area contributed by atoms with Crippen LogP contribution in [0.25, 0.3) is 0 Å². The van der Waals surface area contributed by atoms with Gasteiger partial charge in [0.25, 0.3) is 0 Å². The molecule has 0 spiro atoms. The molecule has 0 fully saturated rings. The van der Waals surface area contributed by atoms with Crippen molar-refractivity contribution in [1.29, 1.82) is 0 Å². The molecule has 15 heavy (non-hydrogen) atoms. The Hall–Kier alpha value is -0.520. The average Bonchev–Trinajstić information content (AvgIpc) is 2.19.